The monoisotopic (exact) mass is 449 g/mol. The van der Waals surface area contributed by atoms with Crippen LogP contribution in [0.4, 0.5) is 17.6 Å². The molecule has 0 heterocycles. The lowest BCUT2D eigenvalue weighted by molar-refractivity contribution is -0.140. The maximum absolute atomic E-state index is 13.8. The highest BCUT2D eigenvalue weighted by Crippen LogP contribution is 2.36. The molecule has 0 aromatic heterocycles. The van der Waals surface area contributed by atoms with E-state index in [0.717, 1.165) is 6.07 Å². The molecule has 8 heteroatoms. The summed E-state index contributed by atoms with van der Waals surface area (Å²) in [5, 5.41) is 0.696. The molecule has 2 aromatic rings. The van der Waals surface area contributed by atoms with Crippen LogP contribution in [0.2, 0.25) is 10.0 Å². The molecule has 0 N–H and O–H groups in total. The molecule has 0 unspecified atom stereocenters. The molecule has 0 aliphatic rings. The molecule has 0 aliphatic carbocycles. The van der Waals surface area contributed by atoms with Gasteiger partial charge >= 0.3 is 6.18 Å². The summed E-state index contributed by atoms with van der Waals surface area (Å²) < 4.78 is 52.1. The van der Waals surface area contributed by atoms with Crippen LogP contribution < -0.4 is 0 Å². The molecule has 0 fully saturated rings. The van der Waals surface area contributed by atoms with Gasteiger partial charge in [0.15, 0.2) is 0 Å². The smallest absolute Gasteiger partial charge is 0.341 e. The van der Waals surface area contributed by atoms with Gasteiger partial charge in [-0.05, 0) is 48.7 Å². The van der Waals surface area contributed by atoms with Crippen LogP contribution in [-0.4, -0.2) is 17.9 Å². The Morgan fingerprint density at radius 3 is 2.24 bits per heavy atom. The van der Waals surface area contributed by atoms with Crippen LogP contribution in [0.25, 0.3) is 0 Å². The Hall–Kier alpha value is -1.79. The second-order valence-electron chi connectivity index (χ2n) is 7.18. The van der Waals surface area contributed by atoms with Gasteiger partial charge in [0.25, 0.3) is 0 Å². The normalized spacial score (nSPS) is 13.8. The number of amides is 1. The number of nitrogens with zero attached hydrogens (tertiary/aromatic N) is 1. The van der Waals surface area contributed by atoms with Crippen LogP contribution in [0.3, 0.4) is 0 Å². The summed E-state index contributed by atoms with van der Waals surface area (Å²) in [6, 6.07) is 7.66. The summed E-state index contributed by atoms with van der Waals surface area (Å²) in [6.07, 6.45) is -3.53. The number of alkyl halides is 3. The van der Waals surface area contributed by atoms with Gasteiger partial charge in [-0.25, -0.2) is 4.39 Å². The number of rotatable bonds is 6. The summed E-state index contributed by atoms with van der Waals surface area (Å²) in [7, 11) is 1.53. The molecule has 0 saturated heterocycles. The predicted molar refractivity (Wildman–Crippen MR) is 107 cm³/mol. The van der Waals surface area contributed by atoms with Crippen molar-refractivity contribution in [3.8, 4) is 0 Å². The van der Waals surface area contributed by atoms with Crippen molar-refractivity contribution >= 4 is 29.1 Å². The van der Waals surface area contributed by atoms with Gasteiger partial charge in [-0.15, -0.1) is 0 Å². The van der Waals surface area contributed by atoms with Gasteiger partial charge in [0.1, 0.15) is 5.82 Å². The molecule has 1 atom stereocenters. The molecule has 1 amide bonds. The van der Waals surface area contributed by atoms with E-state index < -0.39 is 23.0 Å². The quantitative estimate of drug-likeness (QED) is 0.440. The van der Waals surface area contributed by atoms with Gasteiger partial charge in [-0.1, -0.05) is 48.7 Å². The predicted octanol–water partition coefficient (Wildman–Crippen LogP) is 6.87. The van der Waals surface area contributed by atoms with Crippen molar-refractivity contribution in [1.29, 1.82) is 0 Å². The lowest BCUT2D eigenvalue weighted by atomic mass is 9.77. The summed E-state index contributed by atoms with van der Waals surface area (Å²) in [5.74, 6) is -1.62. The second-order valence-corrected chi connectivity index (χ2v) is 8.00. The van der Waals surface area contributed by atoms with Crippen molar-refractivity contribution in [2.45, 2.75) is 44.8 Å². The van der Waals surface area contributed by atoms with Crippen LogP contribution in [0, 0.1) is 5.82 Å². The van der Waals surface area contributed by atoms with Gasteiger partial charge in [-0.2, -0.15) is 13.2 Å². The molecule has 158 valence electrons. The van der Waals surface area contributed by atoms with Crippen LogP contribution in [0.5, 0.6) is 0 Å². The van der Waals surface area contributed by atoms with Crippen LogP contribution in [0.15, 0.2) is 36.4 Å². The first-order valence-electron chi connectivity index (χ1n) is 8.97. The fourth-order valence-corrected chi connectivity index (χ4v) is 3.67. The van der Waals surface area contributed by atoms with Gasteiger partial charge < -0.3 is 4.90 Å². The van der Waals surface area contributed by atoms with Gasteiger partial charge in [0.05, 0.1) is 21.0 Å². The first-order valence-corrected chi connectivity index (χ1v) is 9.72. The lowest BCUT2D eigenvalue weighted by Gasteiger charge is -2.33. The number of carbonyl (C=O) groups is 1. The standard InChI is InChI=1S/C21H21Cl2F4NO/c1-4-9-20(2,14-6-8-16(22)17(23)11-14)19(29)28(3)12-13-5-7-15(18(24)10-13)21(25,26)27/h5-8,10-11H,4,9,12H2,1-3H3/t20-/m0/s1. The molecule has 0 bridgehead atoms. The average molecular weight is 450 g/mol. The Balaban J connectivity index is 2.30. The highest BCUT2D eigenvalue weighted by atomic mass is 35.5. The minimum absolute atomic E-state index is 0.0332. The van der Waals surface area contributed by atoms with E-state index in [1.54, 1.807) is 25.1 Å². The minimum Gasteiger partial charge on any atom is -0.341 e. The van der Waals surface area contributed by atoms with Gasteiger partial charge in [-0.3, -0.25) is 4.79 Å². The molecular formula is C21H21Cl2F4NO. The summed E-state index contributed by atoms with van der Waals surface area (Å²) in [5.41, 5.74) is -1.30. The van der Waals surface area contributed by atoms with E-state index in [4.69, 9.17) is 23.2 Å². The Morgan fingerprint density at radius 2 is 1.72 bits per heavy atom. The third kappa shape index (κ3) is 5.23. The zero-order chi connectivity index (χ0) is 22.0. The van der Waals surface area contributed by atoms with Crippen molar-refractivity contribution in [2.75, 3.05) is 7.05 Å². The molecular weight excluding hydrogens is 429 g/mol. The molecule has 2 aromatic carbocycles. The van der Waals surface area contributed by atoms with Gasteiger partial charge in [0.2, 0.25) is 5.91 Å². The molecule has 29 heavy (non-hydrogen) atoms. The molecule has 0 radical (unpaired) electrons. The number of hydrogen-bond donors (Lipinski definition) is 0. The third-order valence-electron chi connectivity index (χ3n) is 4.88. The SMILES string of the molecule is CCC[C@](C)(C(=O)N(C)Cc1ccc(C(F)(F)F)c(F)c1)c1ccc(Cl)c(Cl)c1. The van der Waals surface area contributed by atoms with Crippen LogP contribution in [-0.2, 0) is 22.9 Å². The number of likely N-dealkylation sites (N-methyl/N-ethyl adjacent to an activating group) is 1. The number of benzene rings is 2. The Kier molecular flexibility index (Phi) is 7.23. The first kappa shape index (κ1) is 23.5. The van der Waals surface area contributed by atoms with Crippen molar-refractivity contribution < 1.29 is 22.4 Å². The van der Waals surface area contributed by atoms with E-state index in [1.165, 1.54) is 18.0 Å². The van der Waals surface area contributed by atoms with Gasteiger partial charge in [0, 0.05) is 13.6 Å². The number of halogens is 6. The van der Waals surface area contributed by atoms with E-state index in [2.05, 4.69) is 0 Å². The zero-order valence-electron chi connectivity index (χ0n) is 16.2. The Morgan fingerprint density at radius 1 is 1.07 bits per heavy atom. The van der Waals surface area contributed by atoms with Crippen molar-refractivity contribution in [1.82, 2.24) is 4.90 Å². The van der Waals surface area contributed by atoms with Crippen molar-refractivity contribution in [3.05, 3.63) is 69.0 Å². The maximum Gasteiger partial charge on any atom is 0.419 e. The fourth-order valence-electron chi connectivity index (χ4n) is 3.37. The minimum atomic E-state index is -4.77. The topological polar surface area (TPSA) is 20.3 Å². The maximum atomic E-state index is 13.8. The second kappa shape index (κ2) is 8.92. The largest absolute Gasteiger partial charge is 0.419 e. The highest BCUT2D eigenvalue weighted by Gasteiger charge is 2.37. The Bertz CT molecular complexity index is 901. The molecule has 0 saturated carbocycles. The molecule has 2 nitrogen and oxygen atoms in total. The Labute approximate surface area is 177 Å². The summed E-state index contributed by atoms with van der Waals surface area (Å²) >= 11 is 12.1. The first-order chi connectivity index (χ1) is 13.4. The zero-order valence-corrected chi connectivity index (χ0v) is 17.7. The van der Waals surface area contributed by atoms with E-state index in [-0.39, 0.29) is 18.0 Å². The third-order valence-corrected chi connectivity index (χ3v) is 5.62. The summed E-state index contributed by atoms with van der Waals surface area (Å²) in [6.45, 7) is 3.69. The summed E-state index contributed by atoms with van der Waals surface area (Å²) in [4.78, 5) is 14.6. The fraction of sp³-hybridized carbons (Fsp3) is 0.381. The number of carbonyl (C=O) groups excluding carboxylic acids is 1. The lowest BCUT2D eigenvalue weighted by Crippen LogP contribution is -2.43. The van der Waals surface area contributed by atoms with Crippen molar-refractivity contribution in [3.63, 3.8) is 0 Å². The average Bonchev–Trinajstić information content (AvgIpc) is 2.62. The molecule has 0 spiro atoms. The van der Waals surface area contributed by atoms with Crippen LogP contribution >= 0.6 is 23.2 Å². The van der Waals surface area contributed by atoms with E-state index in [9.17, 15) is 22.4 Å². The molecule has 0 aliphatic heterocycles. The van der Waals surface area contributed by atoms with E-state index in [0.29, 0.717) is 34.5 Å². The van der Waals surface area contributed by atoms with E-state index in [1.807, 2.05) is 6.92 Å². The van der Waals surface area contributed by atoms with Crippen LogP contribution in [0.1, 0.15) is 43.4 Å². The highest BCUT2D eigenvalue weighted by molar-refractivity contribution is 6.42. The number of hydrogen-bond acceptors (Lipinski definition) is 1. The molecule has 2 rings (SSSR count). The van der Waals surface area contributed by atoms with E-state index >= 15 is 0 Å². The van der Waals surface area contributed by atoms with Crippen molar-refractivity contribution in [2.24, 2.45) is 0 Å².